The number of thiophene rings is 1. The lowest BCUT2D eigenvalue weighted by Gasteiger charge is -2.30. The molecule has 1 aliphatic rings. The minimum atomic E-state index is -3.79. The highest BCUT2D eigenvalue weighted by Gasteiger charge is 2.30. The smallest absolute Gasteiger partial charge is 0.273 e. The Kier molecular flexibility index (Phi) is 5.45. The summed E-state index contributed by atoms with van der Waals surface area (Å²) in [6.07, 6.45) is 1.45. The molecule has 2 heterocycles. The summed E-state index contributed by atoms with van der Waals surface area (Å²) in [6.45, 7) is 0.357. The van der Waals surface area contributed by atoms with Crippen LogP contribution >= 0.6 is 27.3 Å². The molecule has 2 aromatic carbocycles. The minimum Gasteiger partial charge on any atom is -0.280 e. The normalized spacial score (nSPS) is 14.4. The molecule has 0 radical (unpaired) electrons. The molecule has 0 aliphatic carbocycles. The number of rotatable bonds is 5. The molecule has 0 saturated carbocycles. The van der Waals surface area contributed by atoms with Crippen LogP contribution in [0.1, 0.15) is 12.0 Å². The van der Waals surface area contributed by atoms with Gasteiger partial charge in [-0.2, -0.15) is 0 Å². The fourth-order valence-corrected chi connectivity index (χ4v) is 7.15. The van der Waals surface area contributed by atoms with Gasteiger partial charge in [-0.25, -0.2) is 16.8 Å². The monoisotopic (exact) mass is 512 g/mol. The first kappa shape index (κ1) is 20.4. The summed E-state index contributed by atoms with van der Waals surface area (Å²) in [7, 11) is -7.47. The maximum Gasteiger partial charge on any atom is 0.273 e. The molecule has 0 bridgehead atoms. The van der Waals surface area contributed by atoms with Gasteiger partial charge >= 0.3 is 0 Å². The van der Waals surface area contributed by atoms with E-state index in [2.05, 4.69) is 20.7 Å². The minimum absolute atomic E-state index is 0.126. The third-order valence-electron chi connectivity index (χ3n) is 4.58. The maximum absolute atomic E-state index is 13.1. The molecule has 4 rings (SSSR count). The third kappa shape index (κ3) is 4.07. The van der Waals surface area contributed by atoms with Crippen molar-refractivity contribution in [1.29, 1.82) is 0 Å². The number of nitrogens with zero attached hydrogens (tertiary/aromatic N) is 1. The number of anilines is 2. The molecule has 1 aliphatic heterocycles. The summed E-state index contributed by atoms with van der Waals surface area (Å²) in [5, 5.41) is 1.72. The molecule has 29 heavy (non-hydrogen) atoms. The number of halogens is 1. The summed E-state index contributed by atoms with van der Waals surface area (Å²) in [6, 6.07) is 14.6. The second-order valence-electron chi connectivity index (χ2n) is 6.52. The van der Waals surface area contributed by atoms with Crippen LogP contribution < -0.4 is 9.03 Å². The Morgan fingerprint density at radius 3 is 2.45 bits per heavy atom. The predicted octanol–water partition coefficient (Wildman–Crippen LogP) is 4.45. The SMILES string of the molecule is O=S(=O)(Nc1ccc2c(c1)N(S(=O)(=O)c1cccs1)CCC2)c1ccc(Br)cc1. The number of sulfonamides is 2. The molecule has 0 saturated heterocycles. The quantitative estimate of drug-likeness (QED) is 0.547. The first-order valence-electron chi connectivity index (χ1n) is 8.75. The summed E-state index contributed by atoms with van der Waals surface area (Å²) in [5.74, 6) is 0. The van der Waals surface area contributed by atoms with Crippen LogP contribution in [0.2, 0.25) is 0 Å². The number of hydrogen-bond acceptors (Lipinski definition) is 5. The number of fused-ring (bicyclic) bond motifs is 1. The van der Waals surface area contributed by atoms with E-state index in [9.17, 15) is 16.8 Å². The first-order chi connectivity index (χ1) is 13.8. The van der Waals surface area contributed by atoms with E-state index >= 15 is 0 Å². The molecule has 152 valence electrons. The van der Waals surface area contributed by atoms with E-state index in [1.165, 1.54) is 27.8 Å². The second-order valence-corrected chi connectivity index (χ2v) is 12.2. The highest BCUT2D eigenvalue weighted by Crippen LogP contribution is 2.35. The van der Waals surface area contributed by atoms with E-state index in [4.69, 9.17) is 0 Å². The lowest BCUT2D eigenvalue weighted by Crippen LogP contribution is -2.35. The predicted molar refractivity (Wildman–Crippen MR) is 119 cm³/mol. The second kappa shape index (κ2) is 7.75. The van der Waals surface area contributed by atoms with Crippen molar-refractivity contribution < 1.29 is 16.8 Å². The van der Waals surface area contributed by atoms with Gasteiger partial charge in [-0.3, -0.25) is 9.03 Å². The Bertz CT molecular complexity index is 1240. The van der Waals surface area contributed by atoms with E-state index in [-0.39, 0.29) is 9.10 Å². The maximum atomic E-state index is 13.1. The topological polar surface area (TPSA) is 83.6 Å². The summed E-state index contributed by atoms with van der Waals surface area (Å²) >= 11 is 4.45. The van der Waals surface area contributed by atoms with Crippen molar-refractivity contribution in [2.45, 2.75) is 21.9 Å². The van der Waals surface area contributed by atoms with Crippen molar-refractivity contribution >= 4 is 58.7 Å². The van der Waals surface area contributed by atoms with Crippen molar-refractivity contribution in [3.05, 3.63) is 70.0 Å². The van der Waals surface area contributed by atoms with Crippen LogP contribution in [0.5, 0.6) is 0 Å². The van der Waals surface area contributed by atoms with Gasteiger partial charge in [0, 0.05) is 11.0 Å². The number of nitrogens with one attached hydrogen (secondary N) is 1. The van der Waals surface area contributed by atoms with E-state index < -0.39 is 20.0 Å². The van der Waals surface area contributed by atoms with Crippen molar-refractivity contribution in [2.24, 2.45) is 0 Å². The molecule has 0 amide bonds. The van der Waals surface area contributed by atoms with Gasteiger partial charge in [0.25, 0.3) is 20.0 Å². The lowest BCUT2D eigenvalue weighted by atomic mass is 10.0. The van der Waals surface area contributed by atoms with Gasteiger partial charge in [-0.1, -0.05) is 28.1 Å². The fraction of sp³-hybridized carbons (Fsp3) is 0.158. The molecule has 0 atom stereocenters. The Balaban J connectivity index is 1.70. The molecule has 10 heteroatoms. The molecular formula is C19H17BrN2O4S3. The van der Waals surface area contributed by atoms with Crippen LogP contribution in [0.15, 0.2) is 73.6 Å². The summed E-state index contributed by atoms with van der Waals surface area (Å²) < 4.78 is 56.5. The number of hydrogen-bond donors (Lipinski definition) is 1. The van der Waals surface area contributed by atoms with Crippen molar-refractivity contribution in [1.82, 2.24) is 0 Å². The largest absolute Gasteiger partial charge is 0.280 e. The molecule has 0 fully saturated rings. The fourth-order valence-electron chi connectivity index (χ4n) is 3.20. The lowest BCUT2D eigenvalue weighted by molar-refractivity contribution is 0.588. The molecule has 1 aromatic heterocycles. The number of benzene rings is 2. The highest BCUT2D eigenvalue weighted by molar-refractivity contribution is 9.10. The van der Waals surface area contributed by atoms with Crippen molar-refractivity contribution in [3.8, 4) is 0 Å². The van der Waals surface area contributed by atoms with Gasteiger partial charge in [0.15, 0.2) is 0 Å². The van der Waals surface area contributed by atoms with Gasteiger partial charge in [0.2, 0.25) is 0 Å². The Morgan fingerprint density at radius 2 is 1.76 bits per heavy atom. The summed E-state index contributed by atoms with van der Waals surface area (Å²) in [5.41, 5.74) is 1.71. The van der Waals surface area contributed by atoms with E-state index in [1.54, 1.807) is 47.8 Å². The van der Waals surface area contributed by atoms with E-state index in [1.807, 2.05) is 0 Å². The van der Waals surface area contributed by atoms with Crippen molar-refractivity contribution in [3.63, 3.8) is 0 Å². The molecule has 1 N–H and O–H groups in total. The van der Waals surface area contributed by atoms with Gasteiger partial charge in [0.1, 0.15) is 4.21 Å². The average molecular weight is 513 g/mol. The average Bonchev–Trinajstić information content (AvgIpc) is 3.23. The van der Waals surface area contributed by atoms with Gasteiger partial charge < -0.3 is 0 Å². The van der Waals surface area contributed by atoms with Gasteiger partial charge in [-0.15, -0.1) is 11.3 Å². The molecule has 0 unspecified atom stereocenters. The van der Waals surface area contributed by atoms with Crippen LogP contribution in [0.25, 0.3) is 0 Å². The number of aryl methyl sites for hydroxylation is 1. The molecular weight excluding hydrogens is 496 g/mol. The van der Waals surface area contributed by atoms with Crippen LogP contribution in [-0.2, 0) is 26.5 Å². The Hall–Kier alpha value is -1.88. The van der Waals surface area contributed by atoms with Crippen LogP contribution in [0.3, 0.4) is 0 Å². The zero-order chi connectivity index (χ0) is 20.6. The van der Waals surface area contributed by atoms with E-state index in [0.717, 1.165) is 16.5 Å². The molecule has 3 aromatic rings. The standard InChI is InChI=1S/C19H17BrN2O4S3/c20-15-6-9-17(10-7-15)28(23,24)21-16-8-5-14-3-1-11-22(18(14)13-16)29(25,26)19-4-2-12-27-19/h2,4-10,12-13,21H,1,3,11H2. The zero-order valence-electron chi connectivity index (χ0n) is 15.1. The molecule has 6 nitrogen and oxygen atoms in total. The Labute approximate surface area is 182 Å². The molecule has 0 spiro atoms. The third-order valence-corrected chi connectivity index (χ3v) is 9.69. The highest BCUT2D eigenvalue weighted by atomic mass is 79.9. The van der Waals surface area contributed by atoms with E-state index in [0.29, 0.717) is 24.3 Å². The van der Waals surface area contributed by atoms with Crippen LogP contribution in [0.4, 0.5) is 11.4 Å². The van der Waals surface area contributed by atoms with Crippen LogP contribution in [0, 0.1) is 0 Å². The zero-order valence-corrected chi connectivity index (χ0v) is 19.1. The van der Waals surface area contributed by atoms with Gasteiger partial charge in [-0.05, 0) is 66.2 Å². The summed E-state index contributed by atoms with van der Waals surface area (Å²) in [4.78, 5) is 0.126. The Morgan fingerprint density at radius 1 is 1.00 bits per heavy atom. The van der Waals surface area contributed by atoms with Crippen LogP contribution in [-0.4, -0.2) is 23.4 Å². The van der Waals surface area contributed by atoms with Gasteiger partial charge in [0.05, 0.1) is 16.3 Å². The first-order valence-corrected chi connectivity index (χ1v) is 13.3. The van der Waals surface area contributed by atoms with Crippen molar-refractivity contribution in [2.75, 3.05) is 15.6 Å².